The van der Waals surface area contributed by atoms with Crippen molar-refractivity contribution in [2.75, 3.05) is 25.5 Å². The molecule has 1 rings (SSSR count). The number of hydrogen-bond acceptors (Lipinski definition) is 3. The van der Waals surface area contributed by atoms with E-state index in [1.54, 1.807) is 0 Å². The molecular weight excluding hydrogens is 186 g/mol. The van der Waals surface area contributed by atoms with Crippen LogP contribution in [-0.4, -0.2) is 25.6 Å². The normalized spacial score (nSPS) is 10.7. The quantitative estimate of drug-likeness (QED) is 0.799. The van der Waals surface area contributed by atoms with Crippen molar-refractivity contribution in [3.63, 3.8) is 0 Å². The zero-order valence-corrected chi connectivity index (χ0v) is 10.1. The third kappa shape index (κ3) is 3.51. The fraction of sp³-hybridized carbons (Fsp3) is 0.583. The van der Waals surface area contributed by atoms with Crippen molar-refractivity contribution in [2.45, 2.75) is 20.4 Å². The van der Waals surface area contributed by atoms with Gasteiger partial charge in [0.2, 0.25) is 0 Å². The maximum absolute atomic E-state index is 4.44. The smallest absolute Gasteiger partial charge is 0.132 e. The Morgan fingerprint density at radius 1 is 1.47 bits per heavy atom. The first-order valence-corrected chi connectivity index (χ1v) is 5.44. The molecule has 0 aliphatic carbocycles. The molecule has 0 bridgehead atoms. The zero-order valence-electron chi connectivity index (χ0n) is 10.1. The second-order valence-electron chi connectivity index (χ2n) is 4.29. The molecule has 1 N–H and O–H groups in total. The summed E-state index contributed by atoms with van der Waals surface area (Å²) in [6, 6.07) is 4.11. The van der Waals surface area contributed by atoms with Crippen LogP contribution in [0.1, 0.15) is 19.4 Å². The highest BCUT2D eigenvalue weighted by Crippen LogP contribution is 2.16. The van der Waals surface area contributed by atoms with Crippen LogP contribution in [-0.2, 0) is 6.54 Å². The van der Waals surface area contributed by atoms with Gasteiger partial charge >= 0.3 is 0 Å². The summed E-state index contributed by atoms with van der Waals surface area (Å²) >= 11 is 0. The van der Waals surface area contributed by atoms with Gasteiger partial charge in [0.15, 0.2) is 0 Å². The lowest BCUT2D eigenvalue weighted by Gasteiger charge is -2.22. The van der Waals surface area contributed by atoms with E-state index < -0.39 is 0 Å². The molecule has 0 atom stereocenters. The van der Waals surface area contributed by atoms with Gasteiger partial charge in [-0.05, 0) is 19.0 Å². The van der Waals surface area contributed by atoms with E-state index in [-0.39, 0.29) is 0 Å². The van der Waals surface area contributed by atoms with Gasteiger partial charge < -0.3 is 10.2 Å². The summed E-state index contributed by atoms with van der Waals surface area (Å²) in [4.78, 5) is 6.66. The molecule has 0 aliphatic heterocycles. The SMILES string of the molecule is CNCc1cccnc1N(C)CC(C)C. The fourth-order valence-electron chi connectivity index (χ4n) is 1.74. The monoisotopic (exact) mass is 207 g/mol. The van der Waals surface area contributed by atoms with Crippen LogP contribution in [0.15, 0.2) is 18.3 Å². The molecule has 3 nitrogen and oxygen atoms in total. The summed E-state index contributed by atoms with van der Waals surface area (Å²) in [5.74, 6) is 1.74. The van der Waals surface area contributed by atoms with Gasteiger partial charge in [0.25, 0.3) is 0 Å². The molecular formula is C12H21N3. The number of pyridine rings is 1. The minimum Gasteiger partial charge on any atom is -0.359 e. The lowest BCUT2D eigenvalue weighted by Crippen LogP contribution is -2.25. The molecule has 0 unspecified atom stereocenters. The summed E-state index contributed by atoms with van der Waals surface area (Å²) < 4.78 is 0. The molecule has 0 saturated heterocycles. The van der Waals surface area contributed by atoms with Crippen LogP contribution in [0.2, 0.25) is 0 Å². The Hall–Kier alpha value is -1.09. The van der Waals surface area contributed by atoms with Crippen LogP contribution in [0.5, 0.6) is 0 Å². The number of aromatic nitrogens is 1. The van der Waals surface area contributed by atoms with Gasteiger partial charge in [0.1, 0.15) is 5.82 Å². The van der Waals surface area contributed by atoms with Gasteiger partial charge in [-0.2, -0.15) is 0 Å². The molecule has 0 saturated carbocycles. The van der Waals surface area contributed by atoms with Crippen molar-refractivity contribution in [2.24, 2.45) is 5.92 Å². The molecule has 0 spiro atoms. The summed E-state index contributed by atoms with van der Waals surface area (Å²) in [6.45, 7) is 6.34. The summed E-state index contributed by atoms with van der Waals surface area (Å²) in [6.07, 6.45) is 1.85. The third-order valence-electron chi connectivity index (χ3n) is 2.24. The first-order chi connectivity index (χ1) is 7.15. The van der Waals surface area contributed by atoms with E-state index in [2.05, 4.69) is 42.2 Å². The summed E-state index contributed by atoms with van der Waals surface area (Å²) in [7, 11) is 4.06. The van der Waals surface area contributed by atoms with Crippen molar-refractivity contribution in [3.8, 4) is 0 Å². The predicted octanol–water partition coefficient (Wildman–Crippen LogP) is 1.89. The fourth-order valence-corrected chi connectivity index (χ4v) is 1.74. The number of nitrogens with zero attached hydrogens (tertiary/aromatic N) is 2. The van der Waals surface area contributed by atoms with Crippen molar-refractivity contribution in [1.82, 2.24) is 10.3 Å². The van der Waals surface area contributed by atoms with E-state index in [4.69, 9.17) is 0 Å². The van der Waals surface area contributed by atoms with Crippen molar-refractivity contribution in [3.05, 3.63) is 23.9 Å². The first kappa shape index (κ1) is 12.0. The topological polar surface area (TPSA) is 28.2 Å². The standard InChI is InChI=1S/C12H21N3/c1-10(2)9-15(4)12-11(8-13-3)6-5-7-14-12/h5-7,10,13H,8-9H2,1-4H3. The van der Waals surface area contributed by atoms with Crippen LogP contribution in [0, 0.1) is 5.92 Å². The largest absolute Gasteiger partial charge is 0.359 e. The van der Waals surface area contributed by atoms with E-state index in [1.165, 1.54) is 5.56 Å². The first-order valence-electron chi connectivity index (χ1n) is 5.44. The highest BCUT2D eigenvalue weighted by Gasteiger charge is 2.08. The van der Waals surface area contributed by atoms with E-state index in [9.17, 15) is 0 Å². The van der Waals surface area contributed by atoms with Crippen LogP contribution >= 0.6 is 0 Å². The van der Waals surface area contributed by atoms with Crippen molar-refractivity contribution >= 4 is 5.82 Å². The second kappa shape index (κ2) is 5.71. The van der Waals surface area contributed by atoms with E-state index in [0.29, 0.717) is 5.92 Å². The Balaban J connectivity index is 2.81. The maximum atomic E-state index is 4.44. The minimum absolute atomic E-state index is 0.652. The summed E-state index contributed by atoms with van der Waals surface area (Å²) in [5, 5.41) is 3.17. The van der Waals surface area contributed by atoms with Gasteiger partial charge in [-0.1, -0.05) is 19.9 Å². The van der Waals surface area contributed by atoms with Gasteiger partial charge in [0, 0.05) is 31.9 Å². The molecule has 1 aromatic heterocycles. The molecule has 1 heterocycles. The van der Waals surface area contributed by atoms with Crippen LogP contribution in [0.25, 0.3) is 0 Å². The van der Waals surface area contributed by atoms with E-state index in [0.717, 1.165) is 18.9 Å². The van der Waals surface area contributed by atoms with Crippen LogP contribution in [0.3, 0.4) is 0 Å². The Labute approximate surface area is 92.5 Å². The zero-order chi connectivity index (χ0) is 11.3. The van der Waals surface area contributed by atoms with E-state index in [1.807, 2.05) is 19.3 Å². The average Bonchev–Trinajstić information content (AvgIpc) is 2.18. The lowest BCUT2D eigenvalue weighted by molar-refractivity contribution is 0.631. The van der Waals surface area contributed by atoms with Gasteiger partial charge in [-0.15, -0.1) is 0 Å². The van der Waals surface area contributed by atoms with Crippen LogP contribution < -0.4 is 10.2 Å². The second-order valence-corrected chi connectivity index (χ2v) is 4.29. The molecule has 84 valence electrons. The van der Waals surface area contributed by atoms with Crippen LogP contribution in [0.4, 0.5) is 5.82 Å². The molecule has 0 radical (unpaired) electrons. The van der Waals surface area contributed by atoms with Gasteiger partial charge in [0.05, 0.1) is 0 Å². The Bertz CT molecular complexity index is 297. The minimum atomic E-state index is 0.652. The molecule has 0 aliphatic rings. The van der Waals surface area contributed by atoms with Gasteiger partial charge in [-0.3, -0.25) is 0 Å². The Morgan fingerprint density at radius 2 is 2.20 bits per heavy atom. The summed E-state index contributed by atoms with van der Waals surface area (Å²) in [5.41, 5.74) is 1.25. The molecule has 0 aromatic carbocycles. The molecule has 0 fully saturated rings. The highest BCUT2D eigenvalue weighted by molar-refractivity contribution is 5.45. The number of hydrogen-bond donors (Lipinski definition) is 1. The van der Waals surface area contributed by atoms with E-state index >= 15 is 0 Å². The number of rotatable bonds is 5. The third-order valence-corrected chi connectivity index (χ3v) is 2.24. The lowest BCUT2D eigenvalue weighted by atomic mass is 10.2. The predicted molar refractivity (Wildman–Crippen MR) is 65.1 cm³/mol. The Morgan fingerprint density at radius 3 is 2.80 bits per heavy atom. The number of nitrogens with one attached hydrogen (secondary N) is 1. The molecule has 3 heteroatoms. The maximum Gasteiger partial charge on any atom is 0.132 e. The molecule has 0 amide bonds. The van der Waals surface area contributed by atoms with Gasteiger partial charge in [-0.25, -0.2) is 4.98 Å². The average molecular weight is 207 g/mol. The molecule has 15 heavy (non-hydrogen) atoms. The Kier molecular flexibility index (Phi) is 4.56. The van der Waals surface area contributed by atoms with Crippen molar-refractivity contribution < 1.29 is 0 Å². The van der Waals surface area contributed by atoms with Crippen molar-refractivity contribution in [1.29, 1.82) is 0 Å². The number of anilines is 1. The highest BCUT2D eigenvalue weighted by atomic mass is 15.2. The molecule has 1 aromatic rings.